The molecule has 3 rings (SSSR count). The summed E-state index contributed by atoms with van der Waals surface area (Å²) in [5.74, 6) is 0.403. The number of carbonyl (C=O) groups is 1. The van der Waals surface area contributed by atoms with Crippen molar-refractivity contribution in [3.8, 4) is 23.1 Å². The van der Waals surface area contributed by atoms with E-state index in [1.807, 2.05) is 30.3 Å². The van der Waals surface area contributed by atoms with Crippen molar-refractivity contribution >= 4 is 11.8 Å². The summed E-state index contributed by atoms with van der Waals surface area (Å²) in [6, 6.07) is 18.2. The molecule has 26 heavy (non-hydrogen) atoms. The molecule has 0 bridgehead atoms. The van der Waals surface area contributed by atoms with Crippen LogP contribution < -0.4 is 10.1 Å². The van der Waals surface area contributed by atoms with Gasteiger partial charge in [-0.1, -0.05) is 36.3 Å². The number of aryl methyl sites for hydroxylation is 1. The third kappa shape index (κ3) is 4.28. The Hall–Kier alpha value is -3.59. The van der Waals surface area contributed by atoms with E-state index in [0.717, 1.165) is 12.0 Å². The number of hydrogen-bond donors (Lipinski definition) is 1. The van der Waals surface area contributed by atoms with E-state index in [4.69, 9.17) is 14.5 Å². The normalized spacial score (nSPS) is 10.2. The van der Waals surface area contributed by atoms with Crippen molar-refractivity contribution in [2.75, 3.05) is 11.9 Å². The molecular weight excluding hydrogens is 330 g/mol. The minimum Gasteiger partial charge on any atom is -0.484 e. The number of nitrogens with zero attached hydrogens (tertiary/aromatic N) is 2. The number of anilines is 1. The second-order valence-corrected chi connectivity index (χ2v) is 5.60. The Morgan fingerprint density at radius 1 is 1.19 bits per heavy atom. The van der Waals surface area contributed by atoms with Crippen LogP contribution in [-0.2, 0) is 11.2 Å². The van der Waals surface area contributed by atoms with Gasteiger partial charge in [0.2, 0.25) is 5.88 Å². The molecule has 1 amide bonds. The van der Waals surface area contributed by atoms with Crippen LogP contribution in [0, 0.1) is 11.3 Å². The van der Waals surface area contributed by atoms with Gasteiger partial charge < -0.3 is 9.26 Å². The Morgan fingerprint density at radius 3 is 2.58 bits per heavy atom. The summed E-state index contributed by atoms with van der Waals surface area (Å²) in [5, 5.41) is 15.3. The lowest BCUT2D eigenvalue weighted by atomic mass is 10.1. The second-order valence-electron chi connectivity index (χ2n) is 5.60. The predicted octanol–water partition coefficient (Wildman–Crippen LogP) is 3.79. The summed E-state index contributed by atoms with van der Waals surface area (Å²) in [5.41, 5.74) is 3.34. The highest BCUT2D eigenvalue weighted by Crippen LogP contribution is 2.22. The number of nitrogens with one attached hydrogen (secondary N) is 1. The van der Waals surface area contributed by atoms with Crippen LogP contribution in [0.4, 0.5) is 5.88 Å². The molecule has 0 fully saturated rings. The fraction of sp³-hybridized carbons (Fsp3) is 0.150. The zero-order valence-corrected chi connectivity index (χ0v) is 14.2. The molecule has 0 atom stereocenters. The van der Waals surface area contributed by atoms with E-state index in [1.54, 1.807) is 30.3 Å². The molecule has 1 heterocycles. The topological polar surface area (TPSA) is 88.1 Å². The Bertz CT molecular complexity index is 922. The monoisotopic (exact) mass is 347 g/mol. The van der Waals surface area contributed by atoms with Crippen LogP contribution >= 0.6 is 0 Å². The predicted molar refractivity (Wildman–Crippen MR) is 96.6 cm³/mol. The van der Waals surface area contributed by atoms with Gasteiger partial charge in [0.1, 0.15) is 11.4 Å². The first-order valence-electron chi connectivity index (χ1n) is 8.17. The number of rotatable bonds is 6. The van der Waals surface area contributed by atoms with Gasteiger partial charge in [-0.2, -0.15) is 5.26 Å². The van der Waals surface area contributed by atoms with Gasteiger partial charge in [-0.25, -0.2) is 0 Å². The van der Waals surface area contributed by atoms with Gasteiger partial charge in [-0.3, -0.25) is 10.1 Å². The molecule has 0 radical (unpaired) electrons. The van der Waals surface area contributed by atoms with Gasteiger partial charge in [-0.15, -0.1) is 0 Å². The van der Waals surface area contributed by atoms with E-state index in [9.17, 15) is 4.79 Å². The number of ether oxygens (including phenoxy) is 1. The Kier molecular flexibility index (Phi) is 5.30. The van der Waals surface area contributed by atoms with E-state index >= 15 is 0 Å². The van der Waals surface area contributed by atoms with Crippen LogP contribution in [0.15, 0.2) is 59.1 Å². The molecule has 0 spiro atoms. The molecule has 0 aliphatic rings. The second kappa shape index (κ2) is 7.99. The van der Waals surface area contributed by atoms with Crippen LogP contribution in [0.3, 0.4) is 0 Å². The highest BCUT2D eigenvalue weighted by molar-refractivity contribution is 5.91. The molecule has 130 valence electrons. The first-order chi connectivity index (χ1) is 12.7. The lowest BCUT2D eigenvalue weighted by molar-refractivity contribution is -0.118. The van der Waals surface area contributed by atoms with Gasteiger partial charge in [0.25, 0.3) is 5.91 Å². The van der Waals surface area contributed by atoms with Crippen molar-refractivity contribution in [1.82, 2.24) is 5.16 Å². The minimum absolute atomic E-state index is 0.173. The summed E-state index contributed by atoms with van der Waals surface area (Å²) in [6.45, 7) is 1.92. The molecule has 1 N–H and O–H groups in total. The van der Waals surface area contributed by atoms with Crippen LogP contribution in [0.2, 0.25) is 0 Å². The van der Waals surface area contributed by atoms with E-state index < -0.39 is 0 Å². The van der Waals surface area contributed by atoms with Crippen molar-refractivity contribution in [3.05, 3.63) is 65.7 Å². The zero-order valence-electron chi connectivity index (χ0n) is 14.2. The highest BCUT2D eigenvalue weighted by atomic mass is 16.5. The maximum Gasteiger partial charge on any atom is 0.264 e. The average molecular weight is 347 g/mol. The molecule has 0 aliphatic carbocycles. The lowest BCUT2D eigenvalue weighted by Gasteiger charge is -2.05. The van der Waals surface area contributed by atoms with Gasteiger partial charge in [0.05, 0.1) is 11.6 Å². The summed E-state index contributed by atoms with van der Waals surface area (Å²) in [6.07, 6.45) is 0.972. The molecular formula is C20H17N3O3. The Labute approximate surface area is 151 Å². The minimum atomic E-state index is -0.363. The van der Waals surface area contributed by atoms with E-state index in [0.29, 0.717) is 17.0 Å². The third-order valence-electron chi connectivity index (χ3n) is 3.78. The zero-order chi connectivity index (χ0) is 18.4. The number of hydrogen-bond acceptors (Lipinski definition) is 5. The van der Waals surface area contributed by atoms with E-state index in [-0.39, 0.29) is 18.4 Å². The standard InChI is InChI=1S/C20H17N3O3/c1-2-14-3-7-16(8-4-14)18-11-20(26-23-18)22-19(24)13-25-17-9-5-15(12-21)6-10-17/h3-11H,2,13H2,1H3,(H,22,24). The number of nitriles is 1. The average Bonchev–Trinajstić information content (AvgIpc) is 3.15. The molecule has 0 saturated carbocycles. The van der Waals surface area contributed by atoms with Gasteiger partial charge in [0, 0.05) is 11.6 Å². The molecule has 1 aromatic heterocycles. The summed E-state index contributed by atoms with van der Waals surface area (Å²) >= 11 is 0. The van der Waals surface area contributed by atoms with Crippen molar-refractivity contribution in [2.24, 2.45) is 0 Å². The molecule has 2 aromatic carbocycles. The smallest absolute Gasteiger partial charge is 0.264 e. The largest absolute Gasteiger partial charge is 0.484 e. The van der Waals surface area contributed by atoms with Crippen molar-refractivity contribution in [2.45, 2.75) is 13.3 Å². The number of aromatic nitrogens is 1. The van der Waals surface area contributed by atoms with Crippen LogP contribution in [0.25, 0.3) is 11.3 Å². The van der Waals surface area contributed by atoms with Gasteiger partial charge in [0.15, 0.2) is 6.61 Å². The maximum absolute atomic E-state index is 12.0. The summed E-state index contributed by atoms with van der Waals surface area (Å²) in [7, 11) is 0. The van der Waals surface area contributed by atoms with Crippen LogP contribution in [0.1, 0.15) is 18.1 Å². The molecule has 0 aliphatic heterocycles. The fourth-order valence-corrected chi connectivity index (χ4v) is 2.33. The number of amides is 1. The number of benzene rings is 2. The molecule has 6 heteroatoms. The van der Waals surface area contributed by atoms with Gasteiger partial charge in [-0.05, 0) is 36.2 Å². The fourth-order valence-electron chi connectivity index (χ4n) is 2.33. The molecule has 0 saturated heterocycles. The molecule has 6 nitrogen and oxygen atoms in total. The Balaban J connectivity index is 1.56. The summed E-state index contributed by atoms with van der Waals surface area (Å²) < 4.78 is 10.5. The first kappa shape index (κ1) is 17.2. The highest BCUT2D eigenvalue weighted by Gasteiger charge is 2.10. The lowest BCUT2D eigenvalue weighted by Crippen LogP contribution is -2.19. The third-order valence-corrected chi connectivity index (χ3v) is 3.78. The number of carbonyl (C=O) groups excluding carboxylic acids is 1. The molecule has 3 aromatic rings. The molecule has 0 unspecified atom stereocenters. The first-order valence-corrected chi connectivity index (χ1v) is 8.17. The van der Waals surface area contributed by atoms with Crippen molar-refractivity contribution < 1.29 is 14.1 Å². The van der Waals surface area contributed by atoms with Crippen molar-refractivity contribution in [3.63, 3.8) is 0 Å². The van der Waals surface area contributed by atoms with E-state index in [1.165, 1.54) is 5.56 Å². The van der Waals surface area contributed by atoms with Crippen molar-refractivity contribution in [1.29, 1.82) is 5.26 Å². The van der Waals surface area contributed by atoms with E-state index in [2.05, 4.69) is 17.4 Å². The quantitative estimate of drug-likeness (QED) is 0.733. The maximum atomic E-state index is 12.0. The Morgan fingerprint density at radius 2 is 1.92 bits per heavy atom. The SMILES string of the molecule is CCc1ccc(-c2cc(NC(=O)COc3ccc(C#N)cc3)on2)cc1. The van der Waals surface area contributed by atoms with Crippen LogP contribution in [-0.4, -0.2) is 17.7 Å². The summed E-state index contributed by atoms with van der Waals surface area (Å²) in [4.78, 5) is 12.0. The van der Waals surface area contributed by atoms with Gasteiger partial charge >= 0.3 is 0 Å². The van der Waals surface area contributed by atoms with Crippen LogP contribution in [0.5, 0.6) is 5.75 Å².